The molecule has 2 aromatic rings. The van der Waals surface area contributed by atoms with Crippen molar-refractivity contribution < 1.29 is 9.84 Å². The minimum Gasteiger partial charge on any atom is -0.491 e. The highest BCUT2D eigenvalue weighted by atomic mass is 16.5. The van der Waals surface area contributed by atoms with Gasteiger partial charge in [0.15, 0.2) is 0 Å². The van der Waals surface area contributed by atoms with Crippen molar-refractivity contribution in [1.29, 1.82) is 0 Å². The van der Waals surface area contributed by atoms with Gasteiger partial charge in [0.25, 0.3) is 0 Å². The van der Waals surface area contributed by atoms with Gasteiger partial charge in [-0.15, -0.1) is 0 Å². The van der Waals surface area contributed by atoms with Crippen LogP contribution < -0.4 is 4.74 Å². The highest BCUT2D eigenvalue weighted by Gasteiger charge is 2.31. The predicted octanol–water partition coefficient (Wildman–Crippen LogP) is 3.87. The first-order valence-corrected chi connectivity index (χ1v) is 7.47. The number of fused-ring (bicyclic) bond motifs is 1. The quantitative estimate of drug-likeness (QED) is 0.860. The first-order chi connectivity index (χ1) is 9.97. The van der Waals surface area contributed by atoms with Crippen molar-refractivity contribution in [3.63, 3.8) is 0 Å². The van der Waals surface area contributed by atoms with Gasteiger partial charge in [-0.3, -0.25) is 0 Å². The molecule has 21 heavy (non-hydrogen) atoms. The van der Waals surface area contributed by atoms with Crippen LogP contribution in [0.3, 0.4) is 0 Å². The number of aliphatic hydroxyl groups excluding tert-OH is 1. The third-order valence-corrected chi connectivity index (χ3v) is 4.16. The second kappa shape index (κ2) is 5.19. The van der Waals surface area contributed by atoms with Crippen LogP contribution in [-0.2, 0) is 5.41 Å². The summed E-state index contributed by atoms with van der Waals surface area (Å²) < 4.78 is 5.71. The number of hydrogen-bond donors (Lipinski definition) is 1. The predicted molar refractivity (Wildman–Crippen MR) is 84.9 cm³/mol. The molecule has 0 unspecified atom stereocenters. The van der Waals surface area contributed by atoms with E-state index in [-0.39, 0.29) is 11.3 Å². The van der Waals surface area contributed by atoms with Crippen LogP contribution in [0.25, 0.3) is 0 Å². The summed E-state index contributed by atoms with van der Waals surface area (Å²) in [5.41, 5.74) is 3.58. The Kier molecular flexibility index (Phi) is 3.50. The zero-order chi connectivity index (χ0) is 15.0. The third kappa shape index (κ3) is 2.68. The number of aliphatic hydroxyl groups is 1. The molecule has 0 radical (unpaired) electrons. The molecule has 1 N–H and O–H groups in total. The molecule has 3 rings (SSSR count). The summed E-state index contributed by atoms with van der Waals surface area (Å²) in [7, 11) is 0. The topological polar surface area (TPSA) is 29.5 Å². The largest absolute Gasteiger partial charge is 0.491 e. The van der Waals surface area contributed by atoms with Crippen LogP contribution in [0, 0.1) is 0 Å². The van der Waals surface area contributed by atoms with Crippen molar-refractivity contribution in [2.45, 2.75) is 38.2 Å². The Morgan fingerprint density at radius 1 is 1.05 bits per heavy atom. The number of hydrogen-bond acceptors (Lipinski definition) is 2. The van der Waals surface area contributed by atoms with Crippen molar-refractivity contribution >= 4 is 0 Å². The average molecular weight is 282 g/mol. The zero-order valence-corrected chi connectivity index (χ0v) is 12.8. The summed E-state index contributed by atoms with van der Waals surface area (Å²) in [5, 5.41) is 10.4. The van der Waals surface area contributed by atoms with Gasteiger partial charge in [0.1, 0.15) is 12.4 Å². The van der Waals surface area contributed by atoms with Crippen molar-refractivity contribution in [3.8, 4) is 5.75 Å². The van der Waals surface area contributed by atoms with Gasteiger partial charge in [-0.25, -0.2) is 0 Å². The molecule has 0 fully saturated rings. The lowest BCUT2D eigenvalue weighted by molar-refractivity contribution is 0.0770. The Morgan fingerprint density at radius 2 is 1.76 bits per heavy atom. The molecule has 0 aromatic heterocycles. The third-order valence-electron chi connectivity index (χ3n) is 4.16. The Bertz CT molecular complexity index is 626. The van der Waals surface area contributed by atoms with E-state index in [1.54, 1.807) is 0 Å². The molecule has 2 heteroatoms. The maximum atomic E-state index is 10.4. The van der Waals surface area contributed by atoms with E-state index < -0.39 is 6.10 Å². The molecule has 0 spiro atoms. The summed E-state index contributed by atoms with van der Waals surface area (Å²) in [6.45, 7) is 6.95. The lowest BCUT2D eigenvalue weighted by atomic mass is 9.80. The SMILES string of the molecule is CC(C)(C)c1ccc2c(c1)[C@H](c1ccccc1)[C@@H](O)CO2. The smallest absolute Gasteiger partial charge is 0.123 e. The second-order valence-electron chi connectivity index (χ2n) is 6.77. The van der Waals surface area contributed by atoms with E-state index in [4.69, 9.17) is 4.74 Å². The minimum absolute atomic E-state index is 0.0164. The molecule has 1 aliphatic rings. The van der Waals surface area contributed by atoms with Gasteiger partial charge in [-0.1, -0.05) is 63.2 Å². The van der Waals surface area contributed by atoms with Gasteiger partial charge in [0, 0.05) is 11.5 Å². The highest BCUT2D eigenvalue weighted by molar-refractivity contribution is 5.48. The van der Waals surface area contributed by atoms with Crippen LogP contribution >= 0.6 is 0 Å². The van der Waals surface area contributed by atoms with Gasteiger partial charge in [0.05, 0.1) is 6.10 Å². The molecule has 0 bridgehead atoms. The monoisotopic (exact) mass is 282 g/mol. The number of benzene rings is 2. The normalized spacial score (nSPS) is 21.5. The van der Waals surface area contributed by atoms with Crippen LogP contribution in [-0.4, -0.2) is 17.8 Å². The Hall–Kier alpha value is -1.80. The standard InChI is InChI=1S/C19H22O2/c1-19(2,3)14-9-10-17-15(11-14)18(16(20)12-21-17)13-7-5-4-6-8-13/h4-11,16,18,20H,12H2,1-3H3/t16-,18-/m0/s1. The summed E-state index contributed by atoms with van der Waals surface area (Å²) in [4.78, 5) is 0. The van der Waals surface area contributed by atoms with E-state index in [0.29, 0.717) is 6.61 Å². The van der Waals surface area contributed by atoms with Gasteiger partial charge < -0.3 is 9.84 Å². The molecular weight excluding hydrogens is 260 g/mol. The van der Waals surface area contributed by atoms with E-state index in [0.717, 1.165) is 16.9 Å². The molecule has 110 valence electrons. The summed E-state index contributed by atoms with van der Waals surface area (Å²) in [6.07, 6.45) is -0.505. The Morgan fingerprint density at radius 3 is 2.43 bits per heavy atom. The Balaban J connectivity index is 2.12. The fraction of sp³-hybridized carbons (Fsp3) is 0.368. The first-order valence-electron chi connectivity index (χ1n) is 7.47. The van der Waals surface area contributed by atoms with E-state index in [9.17, 15) is 5.11 Å². The van der Waals surface area contributed by atoms with Crippen LogP contribution in [0.4, 0.5) is 0 Å². The average Bonchev–Trinajstić information content (AvgIpc) is 2.46. The molecule has 2 nitrogen and oxygen atoms in total. The van der Waals surface area contributed by atoms with E-state index in [2.05, 4.69) is 45.0 Å². The lowest BCUT2D eigenvalue weighted by Crippen LogP contribution is -2.31. The minimum atomic E-state index is -0.505. The fourth-order valence-electron chi connectivity index (χ4n) is 2.93. The molecule has 2 aromatic carbocycles. The molecule has 0 saturated heterocycles. The van der Waals surface area contributed by atoms with E-state index >= 15 is 0 Å². The lowest BCUT2D eigenvalue weighted by Gasteiger charge is -2.32. The van der Waals surface area contributed by atoms with Crippen LogP contribution in [0.15, 0.2) is 48.5 Å². The molecule has 0 amide bonds. The maximum absolute atomic E-state index is 10.4. The highest BCUT2D eigenvalue weighted by Crippen LogP contribution is 2.40. The Labute approximate surface area is 126 Å². The number of ether oxygens (including phenoxy) is 1. The van der Waals surface area contributed by atoms with Crippen molar-refractivity contribution in [2.24, 2.45) is 0 Å². The second-order valence-corrected chi connectivity index (χ2v) is 6.77. The number of rotatable bonds is 1. The van der Waals surface area contributed by atoms with E-state index in [1.807, 2.05) is 24.3 Å². The maximum Gasteiger partial charge on any atom is 0.123 e. The fourth-order valence-corrected chi connectivity index (χ4v) is 2.93. The van der Waals surface area contributed by atoms with Crippen molar-refractivity contribution in [3.05, 3.63) is 65.2 Å². The van der Waals surface area contributed by atoms with Gasteiger partial charge >= 0.3 is 0 Å². The van der Waals surface area contributed by atoms with Gasteiger partial charge in [-0.05, 0) is 22.6 Å². The summed E-state index contributed by atoms with van der Waals surface area (Å²) in [5.74, 6) is 0.874. The van der Waals surface area contributed by atoms with Crippen molar-refractivity contribution in [1.82, 2.24) is 0 Å². The first kappa shape index (κ1) is 14.2. The van der Waals surface area contributed by atoms with Gasteiger partial charge in [-0.2, -0.15) is 0 Å². The van der Waals surface area contributed by atoms with Gasteiger partial charge in [0.2, 0.25) is 0 Å². The summed E-state index contributed by atoms with van der Waals surface area (Å²) >= 11 is 0. The van der Waals surface area contributed by atoms with Crippen LogP contribution in [0.1, 0.15) is 43.4 Å². The zero-order valence-electron chi connectivity index (χ0n) is 12.8. The van der Waals surface area contributed by atoms with Crippen LogP contribution in [0.5, 0.6) is 5.75 Å². The molecule has 1 heterocycles. The molecular formula is C19H22O2. The van der Waals surface area contributed by atoms with Crippen molar-refractivity contribution in [2.75, 3.05) is 6.61 Å². The summed E-state index contributed by atoms with van der Waals surface area (Å²) in [6, 6.07) is 16.5. The molecule has 0 aliphatic carbocycles. The molecule has 0 saturated carbocycles. The molecule has 1 aliphatic heterocycles. The van der Waals surface area contributed by atoms with E-state index in [1.165, 1.54) is 5.56 Å². The van der Waals surface area contributed by atoms with Crippen LogP contribution in [0.2, 0.25) is 0 Å². The molecule has 2 atom stereocenters.